The Bertz CT molecular complexity index is 994. The minimum absolute atomic E-state index is 0.110. The lowest BCUT2D eigenvalue weighted by atomic mass is 10.0. The van der Waals surface area contributed by atoms with Crippen molar-refractivity contribution >= 4 is 16.8 Å². The van der Waals surface area contributed by atoms with Crippen molar-refractivity contribution in [3.05, 3.63) is 70.4 Å². The van der Waals surface area contributed by atoms with E-state index in [1.54, 1.807) is 6.07 Å². The van der Waals surface area contributed by atoms with Gasteiger partial charge >= 0.3 is 0 Å². The predicted octanol–water partition coefficient (Wildman–Crippen LogP) is 3.64. The zero-order chi connectivity index (χ0) is 20.3. The van der Waals surface area contributed by atoms with Crippen molar-refractivity contribution < 1.29 is 14.6 Å². The van der Waals surface area contributed by atoms with Crippen molar-refractivity contribution in [2.24, 2.45) is 0 Å². The Labute approximate surface area is 165 Å². The third-order valence-electron chi connectivity index (χ3n) is 4.66. The maximum Gasteiger partial charge on any atom is 0.252 e. The van der Waals surface area contributed by atoms with Crippen LogP contribution in [0.25, 0.3) is 10.9 Å². The lowest BCUT2D eigenvalue weighted by molar-refractivity contribution is 0.0843. The number of aryl methyl sites for hydroxylation is 4. The van der Waals surface area contributed by atoms with Gasteiger partial charge in [-0.15, -0.1) is 0 Å². The SMILES string of the molecule is Cc1ccc2nc(C)cc(C(=O)NCC(O)COc3c(C)cccc3C)c2c1. The number of pyridine rings is 1. The van der Waals surface area contributed by atoms with Gasteiger partial charge in [-0.3, -0.25) is 9.78 Å². The number of benzene rings is 2. The molecule has 0 bridgehead atoms. The number of ether oxygens (including phenoxy) is 1. The van der Waals surface area contributed by atoms with Gasteiger partial charge in [0.15, 0.2) is 0 Å². The van der Waals surface area contributed by atoms with E-state index in [9.17, 15) is 9.90 Å². The van der Waals surface area contributed by atoms with E-state index in [-0.39, 0.29) is 19.1 Å². The zero-order valence-electron chi connectivity index (χ0n) is 16.7. The zero-order valence-corrected chi connectivity index (χ0v) is 16.7. The summed E-state index contributed by atoms with van der Waals surface area (Å²) < 4.78 is 5.76. The van der Waals surface area contributed by atoms with Crippen LogP contribution < -0.4 is 10.1 Å². The van der Waals surface area contributed by atoms with Crippen LogP contribution in [-0.4, -0.2) is 35.3 Å². The van der Waals surface area contributed by atoms with Crippen LogP contribution in [0.4, 0.5) is 0 Å². The van der Waals surface area contributed by atoms with Crippen LogP contribution in [0.2, 0.25) is 0 Å². The molecule has 5 heteroatoms. The molecule has 28 heavy (non-hydrogen) atoms. The van der Waals surface area contributed by atoms with Gasteiger partial charge in [0.05, 0.1) is 11.1 Å². The molecule has 1 unspecified atom stereocenters. The van der Waals surface area contributed by atoms with Gasteiger partial charge in [0.1, 0.15) is 18.5 Å². The monoisotopic (exact) mass is 378 g/mol. The smallest absolute Gasteiger partial charge is 0.252 e. The molecule has 0 spiro atoms. The molecule has 0 aliphatic heterocycles. The van der Waals surface area contributed by atoms with E-state index in [4.69, 9.17) is 4.74 Å². The minimum Gasteiger partial charge on any atom is -0.490 e. The summed E-state index contributed by atoms with van der Waals surface area (Å²) in [5, 5.41) is 13.9. The first-order valence-corrected chi connectivity index (χ1v) is 9.38. The average Bonchev–Trinajstić information content (AvgIpc) is 2.65. The van der Waals surface area contributed by atoms with Gasteiger partial charge in [-0.05, 0) is 57.0 Å². The highest BCUT2D eigenvalue weighted by Crippen LogP contribution is 2.22. The molecule has 1 aromatic heterocycles. The fourth-order valence-corrected chi connectivity index (χ4v) is 3.23. The summed E-state index contributed by atoms with van der Waals surface area (Å²) in [6.07, 6.45) is -0.807. The summed E-state index contributed by atoms with van der Waals surface area (Å²) in [7, 11) is 0. The number of aromatic nitrogens is 1. The number of aliphatic hydroxyl groups excluding tert-OH is 1. The molecule has 2 N–H and O–H groups in total. The second-order valence-electron chi connectivity index (χ2n) is 7.23. The summed E-state index contributed by atoms with van der Waals surface area (Å²) in [6, 6.07) is 13.5. The maximum atomic E-state index is 12.7. The Balaban J connectivity index is 1.65. The third-order valence-corrected chi connectivity index (χ3v) is 4.66. The lowest BCUT2D eigenvalue weighted by Gasteiger charge is -2.16. The van der Waals surface area contributed by atoms with Gasteiger partial charge in [0.25, 0.3) is 5.91 Å². The van der Waals surface area contributed by atoms with Gasteiger partial charge in [0, 0.05) is 17.6 Å². The molecule has 1 amide bonds. The van der Waals surface area contributed by atoms with E-state index in [0.29, 0.717) is 5.56 Å². The number of fused-ring (bicyclic) bond motifs is 1. The van der Waals surface area contributed by atoms with E-state index < -0.39 is 6.10 Å². The van der Waals surface area contributed by atoms with Crippen molar-refractivity contribution in [1.29, 1.82) is 0 Å². The van der Waals surface area contributed by atoms with Gasteiger partial charge in [-0.1, -0.05) is 29.8 Å². The minimum atomic E-state index is -0.807. The highest BCUT2D eigenvalue weighted by atomic mass is 16.5. The van der Waals surface area contributed by atoms with Crippen LogP contribution >= 0.6 is 0 Å². The quantitative estimate of drug-likeness (QED) is 0.687. The van der Waals surface area contributed by atoms with Gasteiger partial charge in [0.2, 0.25) is 0 Å². The number of hydrogen-bond acceptors (Lipinski definition) is 4. The summed E-state index contributed by atoms with van der Waals surface area (Å²) in [5.74, 6) is 0.548. The van der Waals surface area contributed by atoms with Crippen LogP contribution in [0.3, 0.4) is 0 Å². The molecule has 1 heterocycles. The van der Waals surface area contributed by atoms with E-state index in [0.717, 1.165) is 39.0 Å². The fourth-order valence-electron chi connectivity index (χ4n) is 3.23. The Morgan fingerprint density at radius 1 is 1.11 bits per heavy atom. The number of carbonyl (C=O) groups is 1. The molecule has 3 aromatic rings. The molecule has 0 saturated carbocycles. The summed E-state index contributed by atoms with van der Waals surface area (Å²) in [5.41, 5.74) is 5.23. The fraction of sp³-hybridized carbons (Fsp3) is 0.304. The molecular formula is C23H26N2O3. The van der Waals surface area contributed by atoms with Crippen molar-refractivity contribution in [2.75, 3.05) is 13.2 Å². The maximum absolute atomic E-state index is 12.7. The van der Waals surface area contributed by atoms with Crippen LogP contribution in [-0.2, 0) is 0 Å². The molecule has 0 aliphatic rings. The first kappa shape index (κ1) is 19.8. The van der Waals surface area contributed by atoms with Gasteiger partial charge in [-0.25, -0.2) is 0 Å². The molecule has 5 nitrogen and oxygen atoms in total. The Hall–Kier alpha value is -2.92. The van der Waals surface area contributed by atoms with E-state index >= 15 is 0 Å². The molecular weight excluding hydrogens is 352 g/mol. The van der Waals surface area contributed by atoms with Crippen molar-refractivity contribution in [2.45, 2.75) is 33.8 Å². The van der Waals surface area contributed by atoms with Crippen molar-refractivity contribution in [1.82, 2.24) is 10.3 Å². The van der Waals surface area contributed by atoms with Crippen LogP contribution in [0.1, 0.15) is 32.7 Å². The molecule has 0 fully saturated rings. The molecule has 146 valence electrons. The van der Waals surface area contributed by atoms with E-state index in [1.807, 2.05) is 64.1 Å². The number of aliphatic hydroxyl groups is 1. The van der Waals surface area contributed by atoms with E-state index in [2.05, 4.69) is 10.3 Å². The van der Waals surface area contributed by atoms with Gasteiger partial charge in [-0.2, -0.15) is 0 Å². The largest absolute Gasteiger partial charge is 0.490 e. The summed E-state index contributed by atoms with van der Waals surface area (Å²) >= 11 is 0. The van der Waals surface area contributed by atoms with Crippen molar-refractivity contribution in [3.63, 3.8) is 0 Å². The first-order valence-electron chi connectivity index (χ1n) is 9.38. The van der Waals surface area contributed by atoms with Crippen LogP contribution in [0, 0.1) is 27.7 Å². The Kier molecular flexibility index (Phi) is 5.95. The Morgan fingerprint density at radius 2 is 1.82 bits per heavy atom. The second-order valence-corrected chi connectivity index (χ2v) is 7.23. The molecule has 0 saturated heterocycles. The molecule has 1 atom stereocenters. The van der Waals surface area contributed by atoms with Crippen molar-refractivity contribution in [3.8, 4) is 5.75 Å². The number of rotatable bonds is 6. The lowest BCUT2D eigenvalue weighted by Crippen LogP contribution is -2.35. The number of hydrogen-bond donors (Lipinski definition) is 2. The molecule has 0 radical (unpaired) electrons. The number of nitrogens with one attached hydrogen (secondary N) is 1. The summed E-state index contributed by atoms with van der Waals surface area (Å²) in [4.78, 5) is 17.2. The second kappa shape index (κ2) is 8.40. The van der Waals surface area contributed by atoms with Crippen LogP contribution in [0.5, 0.6) is 5.75 Å². The van der Waals surface area contributed by atoms with Gasteiger partial charge < -0.3 is 15.2 Å². The normalized spacial score (nSPS) is 12.0. The summed E-state index contributed by atoms with van der Waals surface area (Å²) in [6.45, 7) is 8.00. The topological polar surface area (TPSA) is 71.5 Å². The third kappa shape index (κ3) is 4.49. The Morgan fingerprint density at radius 3 is 2.54 bits per heavy atom. The predicted molar refractivity (Wildman–Crippen MR) is 111 cm³/mol. The van der Waals surface area contributed by atoms with Crippen LogP contribution in [0.15, 0.2) is 42.5 Å². The molecule has 0 aliphatic carbocycles. The highest BCUT2D eigenvalue weighted by molar-refractivity contribution is 6.06. The first-order chi connectivity index (χ1) is 13.3. The number of carbonyl (C=O) groups excluding carboxylic acids is 1. The average molecular weight is 378 g/mol. The molecule has 3 rings (SSSR count). The molecule has 2 aromatic carbocycles. The van der Waals surface area contributed by atoms with E-state index in [1.165, 1.54) is 0 Å². The highest BCUT2D eigenvalue weighted by Gasteiger charge is 2.15. The number of para-hydroxylation sites is 1. The standard InChI is InChI=1S/C23H26N2O3/c1-14-8-9-21-19(10-14)20(11-17(4)25-21)23(27)24-12-18(26)13-28-22-15(2)6-5-7-16(22)3/h5-11,18,26H,12-13H2,1-4H3,(H,24,27). The number of amides is 1. The number of nitrogens with zero attached hydrogens (tertiary/aromatic N) is 1.